The van der Waals surface area contributed by atoms with Gasteiger partial charge in [-0.3, -0.25) is 9.69 Å². The average Bonchev–Trinajstić information content (AvgIpc) is 2.64. The number of halogens is 2. The van der Waals surface area contributed by atoms with E-state index in [1.807, 2.05) is 6.92 Å². The molecule has 1 fully saturated rings. The number of anilines is 2. The summed E-state index contributed by atoms with van der Waals surface area (Å²) in [7, 11) is 0. The lowest BCUT2D eigenvalue weighted by Gasteiger charge is -2.37. The smallest absolute Gasteiger partial charge is 0.241 e. The van der Waals surface area contributed by atoms with Crippen molar-refractivity contribution in [2.45, 2.75) is 13.0 Å². The lowest BCUT2D eigenvalue weighted by molar-refractivity contribution is -0.120. The minimum Gasteiger partial charge on any atom is -0.338 e. The molecule has 0 unspecified atom stereocenters. The first-order valence-corrected chi connectivity index (χ1v) is 8.44. The lowest BCUT2D eigenvalue weighted by atomic mass is 10.2. The van der Waals surface area contributed by atoms with Crippen LogP contribution in [0.25, 0.3) is 0 Å². The lowest BCUT2D eigenvalue weighted by Crippen LogP contribution is -2.53. The summed E-state index contributed by atoms with van der Waals surface area (Å²) in [5, 5.41) is 2.92. The maximum absolute atomic E-state index is 13.8. The summed E-state index contributed by atoms with van der Waals surface area (Å²) >= 11 is 5.73. The molecule has 1 aromatic heterocycles. The Morgan fingerprint density at radius 1 is 1.24 bits per heavy atom. The van der Waals surface area contributed by atoms with Gasteiger partial charge in [-0.05, 0) is 31.2 Å². The highest BCUT2D eigenvalue weighted by Gasteiger charge is 2.26. The van der Waals surface area contributed by atoms with Crippen LogP contribution in [-0.2, 0) is 4.79 Å². The topological polar surface area (TPSA) is 61.4 Å². The van der Waals surface area contributed by atoms with E-state index in [-0.39, 0.29) is 17.6 Å². The Balaban J connectivity index is 1.56. The van der Waals surface area contributed by atoms with Crippen molar-refractivity contribution in [3.8, 4) is 0 Å². The number of rotatable bonds is 4. The van der Waals surface area contributed by atoms with Gasteiger partial charge >= 0.3 is 0 Å². The van der Waals surface area contributed by atoms with E-state index in [2.05, 4.69) is 25.1 Å². The van der Waals surface area contributed by atoms with E-state index in [0.29, 0.717) is 24.1 Å². The number of nitrogens with one attached hydrogen (secondary N) is 1. The predicted molar refractivity (Wildman–Crippen MR) is 95.3 cm³/mol. The Bertz CT molecular complexity index is 737. The normalized spacial score (nSPS) is 16.5. The predicted octanol–water partition coefficient (Wildman–Crippen LogP) is 2.42. The van der Waals surface area contributed by atoms with E-state index in [1.165, 1.54) is 12.1 Å². The van der Waals surface area contributed by atoms with Crippen LogP contribution in [0.2, 0.25) is 5.02 Å². The molecule has 2 heterocycles. The number of hydrogen-bond acceptors (Lipinski definition) is 5. The van der Waals surface area contributed by atoms with Gasteiger partial charge in [-0.25, -0.2) is 14.4 Å². The van der Waals surface area contributed by atoms with Crippen molar-refractivity contribution in [2.24, 2.45) is 0 Å². The van der Waals surface area contributed by atoms with Crippen molar-refractivity contribution >= 4 is 29.1 Å². The third kappa shape index (κ3) is 4.24. The molecule has 1 aliphatic heterocycles. The average molecular weight is 364 g/mol. The monoisotopic (exact) mass is 363 g/mol. The molecular weight excluding hydrogens is 345 g/mol. The zero-order valence-corrected chi connectivity index (χ0v) is 14.6. The maximum Gasteiger partial charge on any atom is 0.241 e. The molecule has 1 aliphatic rings. The van der Waals surface area contributed by atoms with E-state index in [0.717, 1.165) is 13.1 Å². The molecule has 8 heteroatoms. The summed E-state index contributed by atoms with van der Waals surface area (Å²) in [4.78, 5) is 25.0. The number of piperazine rings is 1. The molecule has 1 atom stereocenters. The Hall–Kier alpha value is -2.25. The van der Waals surface area contributed by atoms with Gasteiger partial charge in [0.15, 0.2) is 0 Å². The third-order valence-corrected chi connectivity index (χ3v) is 4.50. The molecule has 25 heavy (non-hydrogen) atoms. The Morgan fingerprint density at radius 2 is 1.92 bits per heavy atom. The van der Waals surface area contributed by atoms with Gasteiger partial charge in [0.1, 0.15) is 5.82 Å². The van der Waals surface area contributed by atoms with Gasteiger partial charge < -0.3 is 10.2 Å². The highest BCUT2D eigenvalue weighted by atomic mass is 35.5. The van der Waals surface area contributed by atoms with Gasteiger partial charge in [-0.15, -0.1) is 0 Å². The summed E-state index contributed by atoms with van der Waals surface area (Å²) in [5.74, 6) is -0.0905. The van der Waals surface area contributed by atoms with Crippen molar-refractivity contribution in [3.63, 3.8) is 0 Å². The summed E-state index contributed by atoms with van der Waals surface area (Å²) in [6, 6.07) is 5.60. The van der Waals surface area contributed by atoms with Crippen LogP contribution in [0.1, 0.15) is 6.92 Å². The summed E-state index contributed by atoms with van der Waals surface area (Å²) in [6.45, 7) is 4.69. The molecule has 0 aliphatic carbocycles. The molecule has 1 saturated heterocycles. The summed E-state index contributed by atoms with van der Waals surface area (Å²) < 4.78 is 13.8. The molecule has 0 saturated carbocycles. The number of hydrogen-bond donors (Lipinski definition) is 1. The van der Waals surface area contributed by atoms with Crippen LogP contribution in [0.15, 0.2) is 36.7 Å². The molecule has 3 rings (SSSR count). The molecule has 6 nitrogen and oxygen atoms in total. The number of benzene rings is 1. The number of nitrogens with zero attached hydrogens (tertiary/aromatic N) is 4. The third-order valence-electron chi connectivity index (χ3n) is 4.27. The Morgan fingerprint density at radius 3 is 2.56 bits per heavy atom. The first-order chi connectivity index (χ1) is 12.0. The highest BCUT2D eigenvalue weighted by Crippen LogP contribution is 2.20. The minimum absolute atomic E-state index is 0.137. The van der Waals surface area contributed by atoms with Crippen LogP contribution in [0, 0.1) is 5.82 Å². The number of carbonyl (C=O) groups excluding carboxylic acids is 1. The number of aromatic nitrogens is 2. The molecule has 0 bridgehead atoms. The van der Waals surface area contributed by atoms with Crippen LogP contribution < -0.4 is 10.2 Å². The zero-order chi connectivity index (χ0) is 17.8. The largest absolute Gasteiger partial charge is 0.338 e. The van der Waals surface area contributed by atoms with E-state index in [9.17, 15) is 9.18 Å². The van der Waals surface area contributed by atoms with Crippen LogP contribution >= 0.6 is 11.6 Å². The zero-order valence-electron chi connectivity index (χ0n) is 13.8. The van der Waals surface area contributed by atoms with E-state index < -0.39 is 5.82 Å². The maximum atomic E-state index is 13.8. The molecule has 2 aromatic rings. The van der Waals surface area contributed by atoms with E-state index >= 15 is 0 Å². The number of amides is 1. The second-order valence-corrected chi connectivity index (χ2v) is 6.30. The van der Waals surface area contributed by atoms with E-state index in [1.54, 1.807) is 24.5 Å². The molecular formula is C17H19ClFN5O. The Kier molecular flexibility index (Phi) is 5.45. The second-order valence-electron chi connectivity index (χ2n) is 5.86. The second kappa shape index (κ2) is 7.76. The van der Waals surface area contributed by atoms with Crippen LogP contribution in [-0.4, -0.2) is 53.0 Å². The summed E-state index contributed by atoms with van der Waals surface area (Å²) in [5.41, 5.74) is 0.137. The SMILES string of the molecule is C[C@@H](C(=O)Nc1ccc(Cl)cc1F)N1CCN(c2ncccn2)CC1. The standard InChI is InChI=1S/C17H19ClFN5O/c1-12(16(25)22-15-4-3-13(18)11-14(15)19)23-7-9-24(10-8-23)17-20-5-2-6-21-17/h2-6,11-12H,7-10H2,1H3,(H,22,25)/t12-/m0/s1. The fourth-order valence-electron chi connectivity index (χ4n) is 2.76. The first-order valence-electron chi connectivity index (χ1n) is 8.06. The van der Waals surface area contributed by atoms with Crippen molar-refractivity contribution in [1.82, 2.24) is 14.9 Å². The van der Waals surface area contributed by atoms with Crippen LogP contribution in [0.5, 0.6) is 0 Å². The van der Waals surface area contributed by atoms with Crippen molar-refractivity contribution in [3.05, 3.63) is 47.5 Å². The van der Waals surface area contributed by atoms with Crippen molar-refractivity contribution < 1.29 is 9.18 Å². The fraction of sp³-hybridized carbons (Fsp3) is 0.353. The van der Waals surface area contributed by atoms with Crippen LogP contribution in [0.3, 0.4) is 0 Å². The minimum atomic E-state index is -0.543. The molecule has 0 radical (unpaired) electrons. The number of carbonyl (C=O) groups is 1. The van der Waals surface area contributed by atoms with Gasteiger partial charge in [0.25, 0.3) is 0 Å². The van der Waals surface area contributed by atoms with Gasteiger partial charge in [-0.2, -0.15) is 0 Å². The van der Waals surface area contributed by atoms with Crippen molar-refractivity contribution in [2.75, 3.05) is 36.4 Å². The van der Waals surface area contributed by atoms with Crippen molar-refractivity contribution in [1.29, 1.82) is 0 Å². The quantitative estimate of drug-likeness (QED) is 0.904. The molecule has 1 aromatic carbocycles. The fourth-order valence-corrected chi connectivity index (χ4v) is 2.92. The first kappa shape index (κ1) is 17.6. The van der Waals surface area contributed by atoms with Crippen LogP contribution in [0.4, 0.5) is 16.0 Å². The van der Waals surface area contributed by atoms with Gasteiger partial charge in [-0.1, -0.05) is 11.6 Å². The van der Waals surface area contributed by atoms with E-state index in [4.69, 9.17) is 11.6 Å². The molecule has 1 amide bonds. The molecule has 1 N–H and O–H groups in total. The molecule has 132 valence electrons. The summed E-state index contributed by atoms with van der Waals surface area (Å²) in [6.07, 6.45) is 3.43. The molecule has 0 spiro atoms. The van der Waals surface area contributed by atoms with Gasteiger partial charge in [0.05, 0.1) is 11.7 Å². The Labute approximate surface area is 150 Å². The highest BCUT2D eigenvalue weighted by molar-refractivity contribution is 6.30. The van der Waals surface area contributed by atoms with Gasteiger partial charge in [0.2, 0.25) is 11.9 Å². The van der Waals surface area contributed by atoms with Gasteiger partial charge in [0, 0.05) is 43.6 Å².